The molecule has 0 fully saturated rings. The lowest BCUT2D eigenvalue weighted by Gasteiger charge is -2.19. The number of carboxylic acids is 1. The third-order valence-corrected chi connectivity index (χ3v) is 7.79. The molecule has 0 saturated heterocycles. The highest BCUT2D eigenvalue weighted by atomic mass is 32.2. The molecule has 0 bridgehead atoms. The van der Waals surface area contributed by atoms with Crippen LogP contribution in [-0.2, 0) is 23.3 Å². The van der Waals surface area contributed by atoms with Crippen molar-refractivity contribution in [2.45, 2.75) is 13.1 Å². The van der Waals surface area contributed by atoms with Gasteiger partial charge in [0.25, 0.3) is 0 Å². The Balaban J connectivity index is 1.33. The number of aromatic carboxylic acids is 1. The lowest BCUT2D eigenvalue weighted by Crippen LogP contribution is -2.31. The Kier molecular flexibility index (Phi) is 5.35. The molecule has 3 aromatic rings. The predicted octanol–water partition coefficient (Wildman–Crippen LogP) is 2.96. The van der Waals surface area contributed by atoms with Crippen LogP contribution in [0.25, 0.3) is 10.6 Å². The summed E-state index contributed by atoms with van der Waals surface area (Å²) in [6.45, 7) is 1.32. The molecule has 2 aliphatic rings. The maximum absolute atomic E-state index is 13.0. The summed E-state index contributed by atoms with van der Waals surface area (Å²) in [5.74, 6) is 0.354. The average molecular weight is 490 g/mol. The maximum Gasteiger partial charge on any atom is 0.335 e. The second kappa shape index (κ2) is 8.21. The highest BCUT2D eigenvalue weighted by Gasteiger charge is 2.33. The first kappa shape index (κ1) is 21.5. The van der Waals surface area contributed by atoms with E-state index >= 15 is 0 Å². The molecule has 2 aromatic carbocycles. The van der Waals surface area contributed by atoms with Crippen LogP contribution < -0.4 is 18.9 Å². The van der Waals surface area contributed by atoms with E-state index in [9.17, 15) is 13.2 Å². The minimum absolute atomic E-state index is 0.00554. The highest BCUT2D eigenvalue weighted by molar-refractivity contribution is 7.90. The Morgan fingerprint density at radius 3 is 2.67 bits per heavy atom. The first-order valence-corrected chi connectivity index (χ1v) is 12.2. The van der Waals surface area contributed by atoms with Crippen molar-refractivity contribution < 1.29 is 32.5 Å². The average Bonchev–Trinajstić information content (AvgIpc) is 3.39. The van der Waals surface area contributed by atoms with Crippen LogP contribution >= 0.6 is 11.3 Å². The van der Waals surface area contributed by atoms with Crippen LogP contribution in [0, 0.1) is 0 Å². The first-order chi connectivity index (χ1) is 15.8. The number of anilines is 1. The quantitative estimate of drug-likeness (QED) is 0.541. The van der Waals surface area contributed by atoms with E-state index in [2.05, 4.69) is 9.71 Å². The van der Waals surface area contributed by atoms with Crippen molar-refractivity contribution in [2.24, 2.45) is 0 Å². The summed E-state index contributed by atoms with van der Waals surface area (Å²) in [7, 11) is -2.58. The van der Waals surface area contributed by atoms with Crippen LogP contribution in [0.15, 0.2) is 36.4 Å². The van der Waals surface area contributed by atoms with Gasteiger partial charge in [0.15, 0.2) is 11.5 Å². The number of carbonyl (C=O) groups is 1. The van der Waals surface area contributed by atoms with E-state index in [0.29, 0.717) is 30.4 Å². The third kappa shape index (κ3) is 4.08. The van der Waals surface area contributed by atoms with Crippen LogP contribution in [0.5, 0.6) is 17.2 Å². The largest absolute Gasteiger partial charge is 0.495 e. The summed E-state index contributed by atoms with van der Waals surface area (Å²) in [5.41, 5.74) is 1.73. The molecule has 0 unspecified atom stereocenters. The smallest absolute Gasteiger partial charge is 0.335 e. The van der Waals surface area contributed by atoms with Crippen LogP contribution in [0.4, 0.5) is 5.69 Å². The van der Waals surface area contributed by atoms with Crippen molar-refractivity contribution in [3.63, 3.8) is 0 Å². The number of fused-ring (bicyclic) bond motifs is 2. The highest BCUT2D eigenvalue weighted by Crippen LogP contribution is 2.39. The minimum atomic E-state index is -3.92. The molecule has 172 valence electrons. The van der Waals surface area contributed by atoms with Gasteiger partial charge in [-0.2, -0.15) is 12.7 Å². The fraction of sp³-hybridized carbons (Fsp3) is 0.238. The molecule has 2 N–H and O–H groups in total. The van der Waals surface area contributed by atoms with E-state index in [1.807, 2.05) is 18.2 Å². The van der Waals surface area contributed by atoms with Gasteiger partial charge in [0.05, 0.1) is 37.1 Å². The number of ether oxygens (including phenoxy) is 3. The molecule has 1 aromatic heterocycles. The number of aromatic nitrogens is 1. The fourth-order valence-corrected chi connectivity index (χ4v) is 5.93. The predicted molar refractivity (Wildman–Crippen MR) is 120 cm³/mol. The molecule has 0 atom stereocenters. The number of benzene rings is 2. The number of nitrogens with one attached hydrogen (secondary N) is 1. The molecule has 0 radical (unpaired) electrons. The zero-order chi connectivity index (χ0) is 23.2. The molecule has 0 amide bonds. The molecule has 5 rings (SSSR count). The van der Waals surface area contributed by atoms with Gasteiger partial charge in [0.1, 0.15) is 24.0 Å². The molecule has 2 aliphatic heterocycles. The van der Waals surface area contributed by atoms with Gasteiger partial charge < -0.3 is 19.3 Å². The van der Waals surface area contributed by atoms with Crippen molar-refractivity contribution >= 4 is 33.2 Å². The Bertz CT molecular complexity index is 1330. The van der Waals surface area contributed by atoms with E-state index < -0.39 is 16.2 Å². The first-order valence-electron chi connectivity index (χ1n) is 9.92. The summed E-state index contributed by atoms with van der Waals surface area (Å²) in [4.78, 5) is 16.7. The molecular formula is C21H19N3O7S2. The normalized spacial score (nSPS) is 15.2. The summed E-state index contributed by atoms with van der Waals surface area (Å²) in [6.07, 6.45) is 0. The van der Waals surface area contributed by atoms with Gasteiger partial charge in [0, 0.05) is 10.4 Å². The zero-order valence-corrected chi connectivity index (χ0v) is 19.0. The Hall–Kier alpha value is -3.35. The topological polar surface area (TPSA) is 127 Å². The zero-order valence-electron chi connectivity index (χ0n) is 17.4. The third-order valence-electron chi connectivity index (χ3n) is 5.24. The molecule has 10 nitrogen and oxygen atoms in total. The van der Waals surface area contributed by atoms with Crippen LogP contribution in [0.3, 0.4) is 0 Å². The number of carboxylic acid groups (broad SMARTS) is 1. The van der Waals surface area contributed by atoms with E-state index in [0.717, 1.165) is 15.4 Å². The van der Waals surface area contributed by atoms with Crippen molar-refractivity contribution in [3.8, 4) is 27.8 Å². The van der Waals surface area contributed by atoms with Gasteiger partial charge in [-0.1, -0.05) is 0 Å². The Morgan fingerprint density at radius 1 is 1.15 bits per heavy atom. The molecule has 0 spiro atoms. The standard InChI is InChI=1S/C21H19N3O7S2/c1-29-17-9-13(21(25)26)2-4-14(17)23-33(27,28)24-10-15-19(11-24)32-20(22-15)12-3-5-16-18(8-12)31-7-6-30-16/h2-5,8-9,23H,6-7,10-11H2,1H3,(H,25,26). The lowest BCUT2D eigenvalue weighted by atomic mass is 10.2. The van der Waals surface area contributed by atoms with Crippen LogP contribution in [0.2, 0.25) is 0 Å². The van der Waals surface area contributed by atoms with Gasteiger partial charge in [-0.25, -0.2) is 9.78 Å². The van der Waals surface area contributed by atoms with Crippen LogP contribution in [-0.4, -0.2) is 49.1 Å². The molecular weight excluding hydrogens is 470 g/mol. The summed E-state index contributed by atoms with van der Waals surface area (Å²) in [5, 5.41) is 9.90. The van der Waals surface area contributed by atoms with Gasteiger partial charge >= 0.3 is 16.2 Å². The Labute approximate surface area is 193 Å². The number of nitrogens with zero attached hydrogens (tertiary/aromatic N) is 2. The monoisotopic (exact) mass is 489 g/mol. The second-order valence-corrected chi connectivity index (χ2v) is 10.1. The lowest BCUT2D eigenvalue weighted by molar-refractivity contribution is 0.0696. The number of rotatable bonds is 6. The molecule has 33 heavy (non-hydrogen) atoms. The van der Waals surface area contributed by atoms with Crippen molar-refractivity contribution in [1.29, 1.82) is 0 Å². The molecule has 12 heteroatoms. The second-order valence-electron chi connectivity index (χ2n) is 7.34. The summed E-state index contributed by atoms with van der Waals surface area (Å²) >= 11 is 1.43. The van der Waals surface area contributed by atoms with Gasteiger partial charge in [0.2, 0.25) is 0 Å². The van der Waals surface area contributed by atoms with Crippen molar-refractivity contribution in [2.75, 3.05) is 25.0 Å². The van der Waals surface area contributed by atoms with Gasteiger partial charge in [-0.15, -0.1) is 11.3 Å². The maximum atomic E-state index is 13.0. The minimum Gasteiger partial charge on any atom is -0.495 e. The van der Waals surface area contributed by atoms with Crippen molar-refractivity contribution in [3.05, 3.63) is 52.5 Å². The van der Waals surface area contributed by atoms with E-state index in [1.54, 1.807) is 0 Å². The molecule has 0 saturated carbocycles. The number of hydrogen-bond acceptors (Lipinski definition) is 8. The van der Waals surface area contributed by atoms with E-state index in [4.69, 9.17) is 19.3 Å². The van der Waals surface area contributed by atoms with Crippen LogP contribution in [0.1, 0.15) is 20.9 Å². The van der Waals surface area contributed by atoms with Crippen molar-refractivity contribution in [1.82, 2.24) is 9.29 Å². The summed E-state index contributed by atoms with van der Waals surface area (Å²) in [6, 6.07) is 9.58. The SMILES string of the molecule is COc1cc(C(=O)O)ccc1NS(=O)(=O)N1Cc2nc(-c3ccc4c(c3)OCCO4)sc2C1. The fourth-order valence-electron chi connectivity index (χ4n) is 3.60. The van der Waals surface area contributed by atoms with Gasteiger partial charge in [-0.3, -0.25) is 4.72 Å². The summed E-state index contributed by atoms with van der Waals surface area (Å²) < 4.78 is 46.0. The molecule has 0 aliphatic carbocycles. The number of hydrogen-bond donors (Lipinski definition) is 2. The number of thiazole rings is 1. The van der Waals surface area contributed by atoms with E-state index in [-0.39, 0.29) is 30.1 Å². The van der Waals surface area contributed by atoms with Gasteiger partial charge in [-0.05, 0) is 36.4 Å². The van der Waals surface area contributed by atoms with E-state index in [1.165, 1.54) is 41.0 Å². The number of methoxy groups -OCH3 is 1. The molecule has 3 heterocycles. The Morgan fingerprint density at radius 2 is 1.94 bits per heavy atom.